The van der Waals surface area contributed by atoms with Gasteiger partial charge in [-0.2, -0.15) is 10.2 Å². The first-order valence-electron chi connectivity index (χ1n) is 10.5. The smallest absolute Gasteiger partial charge is 0.291 e. The van der Waals surface area contributed by atoms with Crippen molar-refractivity contribution < 1.29 is 14.3 Å². The van der Waals surface area contributed by atoms with Crippen LogP contribution in [0, 0.1) is 0 Å². The number of carbonyl (C=O) groups is 2. The third kappa shape index (κ3) is 3.50. The minimum Gasteiger partial charge on any atom is -0.497 e. The highest BCUT2D eigenvalue weighted by Gasteiger charge is 2.58. The lowest BCUT2D eigenvalue weighted by Gasteiger charge is -2.42. The molecule has 0 saturated carbocycles. The molecule has 0 bridgehead atoms. The average Bonchev–Trinajstić information content (AvgIpc) is 3.45. The maximum absolute atomic E-state index is 13.7. The highest BCUT2D eigenvalue weighted by atomic mass is 32.2. The molecule has 0 radical (unpaired) electrons. The molecule has 9 heteroatoms. The van der Waals surface area contributed by atoms with Crippen molar-refractivity contribution in [3.63, 3.8) is 0 Å². The molecule has 2 aliphatic rings. The van der Waals surface area contributed by atoms with Crippen molar-refractivity contribution in [1.29, 1.82) is 0 Å². The summed E-state index contributed by atoms with van der Waals surface area (Å²) in [7, 11) is 3.33. The third-order valence-corrected chi connectivity index (χ3v) is 6.93. The van der Waals surface area contributed by atoms with E-state index in [0.717, 1.165) is 5.69 Å². The number of hydrogen-bond donors (Lipinski definition) is 0. The lowest BCUT2D eigenvalue weighted by molar-refractivity contribution is 0.0643. The molecular formula is C25H21N5O3S. The molecule has 1 amide bonds. The van der Waals surface area contributed by atoms with Crippen molar-refractivity contribution in [2.45, 2.75) is 5.12 Å². The molecule has 2 aliphatic heterocycles. The van der Waals surface area contributed by atoms with Gasteiger partial charge in [0, 0.05) is 18.2 Å². The van der Waals surface area contributed by atoms with Crippen LogP contribution >= 0.6 is 11.8 Å². The van der Waals surface area contributed by atoms with Gasteiger partial charge in [0.25, 0.3) is 11.0 Å². The molecule has 0 aliphatic carbocycles. The monoisotopic (exact) mass is 471 g/mol. The molecule has 3 aromatic rings. The summed E-state index contributed by atoms with van der Waals surface area (Å²) in [4.78, 5) is 28.5. The summed E-state index contributed by atoms with van der Waals surface area (Å²) in [5.74, 6) is 0.145. The third-order valence-electron chi connectivity index (χ3n) is 5.56. The quantitative estimate of drug-likeness (QED) is 0.522. The fraction of sp³-hybridized carbons (Fsp3) is 0.120. The molecule has 1 spiro atoms. The van der Waals surface area contributed by atoms with E-state index in [2.05, 4.69) is 5.10 Å². The van der Waals surface area contributed by atoms with E-state index in [1.807, 2.05) is 48.5 Å². The Labute approximate surface area is 201 Å². The van der Waals surface area contributed by atoms with Gasteiger partial charge in [0.05, 0.1) is 12.8 Å². The molecule has 5 rings (SSSR count). The molecule has 34 heavy (non-hydrogen) atoms. The van der Waals surface area contributed by atoms with Gasteiger partial charge in [-0.25, -0.2) is 14.9 Å². The largest absolute Gasteiger partial charge is 0.497 e. The van der Waals surface area contributed by atoms with Crippen molar-refractivity contribution in [2.24, 2.45) is 10.2 Å². The normalized spacial score (nSPS) is 19.0. The Morgan fingerprint density at radius 1 is 0.882 bits per heavy atom. The van der Waals surface area contributed by atoms with Crippen LogP contribution in [0.2, 0.25) is 0 Å². The molecule has 8 nitrogen and oxygen atoms in total. The number of carbonyl (C=O) groups excluding carboxylic acids is 2. The number of hydrazone groups is 2. The van der Waals surface area contributed by atoms with Crippen molar-refractivity contribution in [3.05, 3.63) is 96.1 Å². The summed E-state index contributed by atoms with van der Waals surface area (Å²) in [6, 6.07) is 25.2. The zero-order valence-electron chi connectivity index (χ0n) is 18.5. The molecule has 2 heterocycles. The van der Waals surface area contributed by atoms with Crippen molar-refractivity contribution in [2.75, 3.05) is 19.2 Å². The number of thioether (sulfide) groups is 1. The van der Waals surface area contributed by atoms with Gasteiger partial charge in [-0.1, -0.05) is 48.5 Å². The lowest BCUT2D eigenvalue weighted by Crippen LogP contribution is -2.60. The van der Waals surface area contributed by atoms with Crippen LogP contribution in [-0.4, -0.2) is 52.3 Å². The van der Waals surface area contributed by atoms with Crippen LogP contribution in [0.3, 0.4) is 0 Å². The van der Waals surface area contributed by atoms with E-state index in [9.17, 15) is 9.59 Å². The lowest BCUT2D eigenvalue weighted by atomic mass is 10.1. The van der Waals surface area contributed by atoms with Crippen molar-refractivity contribution in [3.8, 4) is 5.75 Å². The van der Waals surface area contributed by atoms with Gasteiger partial charge in [0.15, 0.2) is 5.04 Å². The van der Waals surface area contributed by atoms with E-state index < -0.39 is 5.12 Å². The van der Waals surface area contributed by atoms with Crippen LogP contribution in [-0.2, 0) is 0 Å². The van der Waals surface area contributed by atoms with Crippen LogP contribution in [0.4, 0.5) is 5.69 Å². The molecule has 0 saturated heterocycles. The predicted octanol–water partition coefficient (Wildman–Crippen LogP) is 4.09. The topological polar surface area (TPSA) is 77.8 Å². The first-order valence-corrected chi connectivity index (χ1v) is 11.3. The highest BCUT2D eigenvalue weighted by molar-refractivity contribution is 8.17. The Morgan fingerprint density at radius 3 is 2.18 bits per heavy atom. The first kappa shape index (κ1) is 21.7. The molecule has 170 valence electrons. The van der Waals surface area contributed by atoms with Gasteiger partial charge in [-0.15, -0.1) is 0 Å². The number of amides is 1. The van der Waals surface area contributed by atoms with Crippen molar-refractivity contribution >= 4 is 40.5 Å². The van der Waals surface area contributed by atoms with Gasteiger partial charge in [0.1, 0.15) is 12.1 Å². The zero-order chi connectivity index (χ0) is 23.7. The van der Waals surface area contributed by atoms with E-state index in [4.69, 9.17) is 9.84 Å². The second-order valence-corrected chi connectivity index (χ2v) is 8.72. The number of nitrogens with zero attached hydrogens (tertiary/aromatic N) is 5. The van der Waals surface area contributed by atoms with Gasteiger partial charge in [-0.05, 0) is 48.2 Å². The Balaban J connectivity index is 1.58. The maximum atomic E-state index is 13.7. The Bertz CT molecular complexity index is 1280. The molecule has 1 atom stereocenters. The van der Waals surface area contributed by atoms with Crippen LogP contribution in [0.25, 0.3) is 0 Å². The maximum Gasteiger partial charge on any atom is 0.291 e. The number of para-hydroxylation sites is 1. The van der Waals surface area contributed by atoms with E-state index in [0.29, 0.717) is 16.9 Å². The number of ether oxygens (including phenoxy) is 1. The number of Topliss-reactive ketones (excluding diaryl/α,β-unsaturated/α-hetero) is 1. The average molecular weight is 472 g/mol. The molecule has 3 aromatic carbocycles. The van der Waals surface area contributed by atoms with Crippen LogP contribution in [0.1, 0.15) is 20.7 Å². The summed E-state index contributed by atoms with van der Waals surface area (Å²) < 4.78 is 5.21. The first-order chi connectivity index (χ1) is 16.5. The summed E-state index contributed by atoms with van der Waals surface area (Å²) in [5, 5.41) is 11.5. The second kappa shape index (κ2) is 8.68. The van der Waals surface area contributed by atoms with E-state index in [1.165, 1.54) is 23.0 Å². The molecule has 0 fully saturated rings. The number of anilines is 1. The minimum absolute atomic E-state index is 0.222. The number of methoxy groups -OCH3 is 1. The van der Waals surface area contributed by atoms with Crippen LogP contribution < -0.4 is 9.75 Å². The van der Waals surface area contributed by atoms with Crippen molar-refractivity contribution in [1.82, 2.24) is 9.91 Å². The number of ketones is 1. The van der Waals surface area contributed by atoms with Crippen LogP contribution in [0.5, 0.6) is 5.75 Å². The SMILES string of the molecule is COc1ccc(C(=O)N2C=NN(C)[C@@]23SC(C(=O)c2ccccc2)=NN3c2ccccc2)cc1. The fourth-order valence-corrected chi connectivity index (χ4v) is 5.03. The zero-order valence-corrected chi connectivity index (χ0v) is 19.3. The van der Waals surface area contributed by atoms with E-state index in [1.54, 1.807) is 60.6 Å². The molecule has 0 N–H and O–H groups in total. The van der Waals surface area contributed by atoms with Gasteiger partial charge in [-0.3, -0.25) is 9.59 Å². The molecule has 0 unspecified atom stereocenters. The summed E-state index contributed by atoms with van der Waals surface area (Å²) in [6.45, 7) is 0. The molecular weight excluding hydrogens is 450 g/mol. The number of benzene rings is 3. The standard InChI is InChI=1S/C25H21N5O3S/c1-28-25(29(17-26-28)24(32)19-13-15-21(33-2)16-14-19)30(20-11-7-4-8-12-20)27-23(34-25)22(31)18-9-5-3-6-10-18/h3-17H,1-2H3/t25-/m1/s1. The predicted molar refractivity (Wildman–Crippen MR) is 133 cm³/mol. The van der Waals surface area contributed by atoms with E-state index in [-0.39, 0.29) is 16.7 Å². The summed E-state index contributed by atoms with van der Waals surface area (Å²) in [5.41, 5.74) is 1.70. The summed E-state index contributed by atoms with van der Waals surface area (Å²) >= 11 is 1.18. The Kier molecular flexibility index (Phi) is 5.54. The minimum atomic E-state index is -1.22. The van der Waals surface area contributed by atoms with Gasteiger partial charge in [0.2, 0.25) is 5.78 Å². The fourth-order valence-electron chi connectivity index (χ4n) is 3.80. The second-order valence-electron chi connectivity index (χ2n) is 7.58. The van der Waals surface area contributed by atoms with Gasteiger partial charge < -0.3 is 4.74 Å². The number of rotatable bonds is 5. The van der Waals surface area contributed by atoms with E-state index >= 15 is 0 Å². The highest BCUT2D eigenvalue weighted by Crippen LogP contribution is 2.47. The van der Waals surface area contributed by atoms with Gasteiger partial charge >= 0.3 is 0 Å². The van der Waals surface area contributed by atoms with Crippen LogP contribution in [0.15, 0.2) is 95.1 Å². The Morgan fingerprint density at radius 2 is 1.53 bits per heavy atom. The summed E-state index contributed by atoms with van der Waals surface area (Å²) in [6.07, 6.45) is 1.47. The number of hydrogen-bond acceptors (Lipinski definition) is 8. The Hall–Kier alpha value is -4.11. The molecule has 0 aromatic heterocycles.